The molecule has 1 aromatic rings. The summed E-state index contributed by atoms with van der Waals surface area (Å²) in [4.78, 5) is 6.21. The molecule has 1 aliphatic heterocycles. The molecule has 2 heterocycles. The van der Waals surface area contributed by atoms with E-state index in [0.29, 0.717) is 11.7 Å². The Hall–Kier alpha value is -0.940. The van der Waals surface area contributed by atoms with E-state index in [1.807, 2.05) is 0 Å². The van der Waals surface area contributed by atoms with Crippen LogP contribution in [0, 0.1) is 0 Å². The molecule has 0 radical (unpaired) electrons. The number of aliphatic hydroxyl groups excluding tert-OH is 1. The molecule has 1 N–H and O–H groups in total. The summed E-state index contributed by atoms with van der Waals surface area (Å²) in [7, 11) is 0. The highest BCUT2D eigenvalue weighted by molar-refractivity contribution is 4.86. The average molecular weight is 169 g/mol. The maximum Gasteiger partial charge on any atom is 0.252 e. The standard InChI is InChI=1S/C7H11N3O2/c11-5-7-8-6(9-12-7)4-10-2-1-3-10/h11H,1-5H2. The SMILES string of the molecule is OCc1nc(CN2CCC2)no1. The topological polar surface area (TPSA) is 62.4 Å². The summed E-state index contributed by atoms with van der Waals surface area (Å²) >= 11 is 0. The fraction of sp³-hybridized carbons (Fsp3) is 0.714. The van der Waals surface area contributed by atoms with Crippen LogP contribution in [0.3, 0.4) is 0 Å². The van der Waals surface area contributed by atoms with Crippen molar-refractivity contribution in [2.75, 3.05) is 13.1 Å². The van der Waals surface area contributed by atoms with E-state index < -0.39 is 0 Å². The first-order valence-electron chi connectivity index (χ1n) is 4.03. The van der Waals surface area contributed by atoms with Crippen molar-refractivity contribution in [1.29, 1.82) is 0 Å². The molecule has 0 unspecified atom stereocenters. The Balaban J connectivity index is 1.93. The number of aromatic nitrogens is 2. The van der Waals surface area contributed by atoms with Crippen LogP contribution in [0.2, 0.25) is 0 Å². The quantitative estimate of drug-likeness (QED) is 0.677. The Morgan fingerprint density at radius 1 is 1.50 bits per heavy atom. The van der Waals surface area contributed by atoms with Gasteiger partial charge in [0.15, 0.2) is 5.82 Å². The van der Waals surface area contributed by atoms with Crippen LogP contribution in [-0.4, -0.2) is 33.2 Å². The number of rotatable bonds is 3. The van der Waals surface area contributed by atoms with E-state index >= 15 is 0 Å². The maximum absolute atomic E-state index is 8.65. The molecule has 0 aromatic carbocycles. The van der Waals surface area contributed by atoms with Gasteiger partial charge in [0.25, 0.3) is 5.89 Å². The van der Waals surface area contributed by atoms with Crippen molar-refractivity contribution in [3.8, 4) is 0 Å². The molecule has 0 bridgehead atoms. The van der Waals surface area contributed by atoms with E-state index in [0.717, 1.165) is 19.6 Å². The molecule has 1 saturated heterocycles. The van der Waals surface area contributed by atoms with Crippen LogP contribution in [0.15, 0.2) is 4.52 Å². The van der Waals surface area contributed by atoms with Gasteiger partial charge in [-0.1, -0.05) is 5.16 Å². The molecule has 1 aromatic heterocycles. The Kier molecular flexibility index (Phi) is 2.05. The third-order valence-corrected chi connectivity index (χ3v) is 1.96. The maximum atomic E-state index is 8.65. The van der Waals surface area contributed by atoms with Gasteiger partial charge in [0.05, 0.1) is 6.54 Å². The Morgan fingerprint density at radius 2 is 2.33 bits per heavy atom. The second-order valence-electron chi connectivity index (χ2n) is 2.89. The zero-order chi connectivity index (χ0) is 8.39. The molecule has 0 aliphatic carbocycles. The molecule has 2 rings (SSSR count). The van der Waals surface area contributed by atoms with Crippen LogP contribution >= 0.6 is 0 Å². The van der Waals surface area contributed by atoms with Crippen LogP contribution in [-0.2, 0) is 13.2 Å². The first kappa shape index (κ1) is 7.70. The number of nitrogens with zero attached hydrogens (tertiary/aromatic N) is 3. The summed E-state index contributed by atoms with van der Waals surface area (Å²) in [5, 5.41) is 12.4. The normalized spacial score (nSPS) is 17.8. The highest BCUT2D eigenvalue weighted by atomic mass is 16.5. The third-order valence-electron chi connectivity index (χ3n) is 1.96. The van der Waals surface area contributed by atoms with Gasteiger partial charge in [-0.15, -0.1) is 0 Å². The van der Waals surface area contributed by atoms with Gasteiger partial charge in [-0.3, -0.25) is 4.90 Å². The number of hydrogen-bond acceptors (Lipinski definition) is 5. The van der Waals surface area contributed by atoms with Crippen molar-refractivity contribution in [2.45, 2.75) is 19.6 Å². The van der Waals surface area contributed by atoms with E-state index in [2.05, 4.69) is 15.0 Å². The summed E-state index contributed by atoms with van der Waals surface area (Å²) in [5.41, 5.74) is 0. The van der Waals surface area contributed by atoms with E-state index in [-0.39, 0.29) is 6.61 Å². The summed E-state index contributed by atoms with van der Waals surface area (Å²) in [6.45, 7) is 2.79. The van der Waals surface area contributed by atoms with Gasteiger partial charge in [0, 0.05) is 0 Å². The van der Waals surface area contributed by atoms with Crippen LogP contribution in [0.5, 0.6) is 0 Å². The minimum absolute atomic E-state index is 0.174. The minimum Gasteiger partial charge on any atom is -0.387 e. The molecular weight excluding hydrogens is 158 g/mol. The molecule has 0 spiro atoms. The third kappa shape index (κ3) is 1.46. The highest BCUT2D eigenvalue weighted by Gasteiger charge is 2.16. The van der Waals surface area contributed by atoms with Gasteiger partial charge in [0.2, 0.25) is 0 Å². The van der Waals surface area contributed by atoms with Gasteiger partial charge in [-0.2, -0.15) is 4.98 Å². The molecule has 0 atom stereocenters. The second kappa shape index (κ2) is 3.20. The first-order valence-corrected chi connectivity index (χ1v) is 4.03. The van der Waals surface area contributed by atoms with Gasteiger partial charge < -0.3 is 9.63 Å². The minimum atomic E-state index is -0.174. The second-order valence-corrected chi connectivity index (χ2v) is 2.89. The highest BCUT2D eigenvalue weighted by Crippen LogP contribution is 2.09. The lowest BCUT2D eigenvalue weighted by Crippen LogP contribution is -2.36. The monoisotopic (exact) mass is 169 g/mol. The Bertz CT molecular complexity index is 257. The van der Waals surface area contributed by atoms with Crippen molar-refractivity contribution < 1.29 is 9.63 Å². The van der Waals surface area contributed by atoms with E-state index in [1.54, 1.807) is 0 Å². The number of hydrogen-bond donors (Lipinski definition) is 1. The number of aliphatic hydroxyl groups is 1. The summed E-state index contributed by atoms with van der Waals surface area (Å²) in [6, 6.07) is 0. The van der Waals surface area contributed by atoms with Gasteiger partial charge in [-0.05, 0) is 19.5 Å². The molecule has 0 amide bonds. The van der Waals surface area contributed by atoms with Crippen LogP contribution in [0.25, 0.3) is 0 Å². The molecule has 66 valence electrons. The molecule has 1 fully saturated rings. The number of likely N-dealkylation sites (tertiary alicyclic amines) is 1. The lowest BCUT2D eigenvalue weighted by Gasteiger charge is -2.28. The fourth-order valence-electron chi connectivity index (χ4n) is 1.16. The zero-order valence-corrected chi connectivity index (χ0v) is 6.73. The van der Waals surface area contributed by atoms with Gasteiger partial charge >= 0.3 is 0 Å². The molecule has 12 heavy (non-hydrogen) atoms. The van der Waals surface area contributed by atoms with Crippen molar-refractivity contribution in [1.82, 2.24) is 15.0 Å². The Morgan fingerprint density at radius 3 is 2.83 bits per heavy atom. The van der Waals surface area contributed by atoms with Crippen LogP contribution in [0.4, 0.5) is 0 Å². The predicted octanol–water partition coefficient (Wildman–Crippen LogP) is -0.232. The van der Waals surface area contributed by atoms with E-state index in [9.17, 15) is 0 Å². The molecule has 1 aliphatic rings. The predicted molar refractivity (Wildman–Crippen MR) is 40.1 cm³/mol. The summed E-state index contributed by atoms with van der Waals surface area (Å²) in [6.07, 6.45) is 1.25. The smallest absolute Gasteiger partial charge is 0.252 e. The fourth-order valence-corrected chi connectivity index (χ4v) is 1.16. The van der Waals surface area contributed by atoms with Gasteiger partial charge in [0.1, 0.15) is 6.61 Å². The molecule has 0 saturated carbocycles. The van der Waals surface area contributed by atoms with Crippen molar-refractivity contribution in [2.24, 2.45) is 0 Å². The van der Waals surface area contributed by atoms with Crippen LogP contribution < -0.4 is 0 Å². The lowest BCUT2D eigenvalue weighted by molar-refractivity contribution is 0.166. The zero-order valence-electron chi connectivity index (χ0n) is 6.73. The molecule has 5 heteroatoms. The molecular formula is C7H11N3O2. The largest absolute Gasteiger partial charge is 0.387 e. The van der Waals surface area contributed by atoms with Crippen molar-refractivity contribution in [3.63, 3.8) is 0 Å². The van der Waals surface area contributed by atoms with Crippen molar-refractivity contribution >= 4 is 0 Å². The summed E-state index contributed by atoms with van der Waals surface area (Å²) < 4.78 is 4.75. The van der Waals surface area contributed by atoms with Crippen molar-refractivity contribution in [3.05, 3.63) is 11.7 Å². The average Bonchev–Trinajstić information content (AvgIpc) is 2.44. The summed E-state index contributed by atoms with van der Waals surface area (Å²) in [5.74, 6) is 0.962. The van der Waals surface area contributed by atoms with Crippen LogP contribution in [0.1, 0.15) is 18.1 Å². The van der Waals surface area contributed by atoms with Gasteiger partial charge in [-0.25, -0.2) is 0 Å². The lowest BCUT2D eigenvalue weighted by atomic mass is 10.2. The van der Waals surface area contributed by atoms with E-state index in [1.165, 1.54) is 6.42 Å². The Labute approximate surface area is 70.0 Å². The van der Waals surface area contributed by atoms with E-state index in [4.69, 9.17) is 9.63 Å². The first-order chi connectivity index (χ1) is 5.88. The molecule has 5 nitrogen and oxygen atoms in total.